The molecule has 0 spiro atoms. The van der Waals surface area contributed by atoms with Gasteiger partial charge in [-0.1, -0.05) is 0 Å². The van der Waals surface area contributed by atoms with Crippen molar-refractivity contribution in [3.8, 4) is 0 Å². The van der Waals surface area contributed by atoms with Crippen LogP contribution in [0.15, 0.2) is 41.7 Å². The summed E-state index contributed by atoms with van der Waals surface area (Å²) in [6.45, 7) is 1.67. The zero-order valence-electron chi connectivity index (χ0n) is 14.7. The van der Waals surface area contributed by atoms with Gasteiger partial charge in [-0.15, -0.1) is 0 Å². The van der Waals surface area contributed by atoms with Gasteiger partial charge in [0.1, 0.15) is 12.0 Å². The molecule has 0 saturated heterocycles. The summed E-state index contributed by atoms with van der Waals surface area (Å²) in [5.41, 5.74) is 5.15. The average molecular weight is 391 g/mol. The first-order valence-corrected chi connectivity index (χ1v) is 8.27. The van der Waals surface area contributed by atoms with Crippen LogP contribution in [0.2, 0.25) is 0 Å². The fourth-order valence-corrected chi connectivity index (χ4v) is 2.23. The number of aliphatic imine (C=N–C) groups is 1. The Hall–Kier alpha value is -3.37. The number of nitrogens with zero attached hydrogens (tertiary/aromatic N) is 5. The first-order valence-electron chi connectivity index (χ1n) is 8.27. The number of amides is 1. The van der Waals surface area contributed by atoms with Crippen molar-refractivity contribution in [3.05, 3.63) is 47.9 Å². The Bertz CT molecular complexity index is 935. The van der Waals surface area contributed by atoms with Crippen LogP contribution in [0.5, 0.6) is 0 Å². The van der Waals surface area contributed by atoms with E-state index in [4.69, 9.17) is 5.73 Å². The molecule has 1 aliphatic carbocycles. The number of anilines is 1. The zero-order valence-corrected chi connectivity index (χ0v) is 14.7. The average Bonchev–Trinajstić information content (AvgIpc) is 3.47. The van der Waals surface area contributed by atoms with Crippen LogP contribution in [0.1, 0.15) is 28.9 Å². The van der Waals surface area contributed by atoms with E-state index in [0.29, 0.717) is 16.9 Å². The van der Waals surface area contributed by atoms with E-state index in [2.05, 4.69) is 30.2 Å². The number of nitrogens with one attached hydrogen (secondary N) is 1. The fourth-order valence-electron chi connectivity index (χ4n) is 2.23. The van der Waals surface area contributed by atoms with Crippen molar-refractivity contribution in [3.63, 3.8) is 0 Å². The number of halogens is 3. The quantitative estimate of drug-likeness (QED) is 0.757. The summed E-state index contributed by atoms with van der Waals surface area (Å²) in [6.07, 6.45) is 2.99. The smallest absolute Gasteiger partial charge is 0.395 e. The molecule has 146 valence electrons. The largest absolute Gasteiger partial charge is 0.430 e. The van der Waals surface area contributed by atoms with Gasteiger partial charge >= 0.3 is 6.18 Å². The van der Waals surface area contributed by atoms with Crippen LogP contribution in [0.4, 0.5) is 24.8 Å². The lowest BCUT2D eigenvalue weighted by atomic mass is 10.2. The molecule has 28 heavy (non-hydrogen) atoms. The predicted molar refractivity (Wildman–Crippen MR) is 94.9 cm³/mol. The first-order chi connectivity index (χ1) is 13.2. The third-order valence-electron chi connectivity index (χ3n) is 3.91. The van der Waals surface area contributed by atoms with Crippen LogP contribution in [-0.4, -0.2) is 37.7 Å². The summed E-state index contributed by atoms with van der Waals surface area (Å²) < 4.78 is 37.9. The van der Waals surface area contributed by atoms with Gasteiger partial charge < -0.3 is 11.1 Å². The fraction of sp³-hybridized carbons (Fsp3) is 0.294. The van der Waals surface area contributed by atoms with Crippen molar-refractivity contribution in [1.29, 1.82) is 0 Å². The minimum Gasteiger partial charge on any atom is -0.395 e. The second-order valence-corrected chi connectivity index (χ2v) is 6.16. The summed E-state index contributed by atoms with van der Waals surface area (Å²) >= 11 is 0. The van der Waals surface area contributed by atoms with Gasteiger partial charge in [-0.25, -0.2) is 24.9 Å². The normalized spacial score (nSPS) is 15.4. The number of aryl methyl sites for hydroxylation is 1. The number of carbonyl (C=O) groups is 1. The Balaban J connectivity index is 1.75. The zero-order chi connectivity index (χ0) is 20.3. The predicted octanol–water partition coefficient (Wildman–Crippen LogP) is 2.71. The highest BCUT2D eigenvalue weighted by molar-refractivity contribution is 6.04. The van der Waals surface area contributed by atoms with Gasteiger partial charge in [-0.05, 0) is 25.8 Å². The summed E-state index contributed by atoms with van der Waals surface area (Å²) in [7, 11) is 0. The van der Waals surface area contributed by atoms with Crippen molar-refractivity contribution < 1.29 is 18.0 Å². The molecule has 2 heterocycles. The Kier molecular flexibility index (Phi) is 5.34. The van der Waals surface area contributed by atoms with E-state index in [1.165, 1.54) is 24.9 Å². The standard InChI is InChI=1S/C17H16F3N7O/c1-9-12(7-22-8-25-9)15(28)26-11-5-23-16(24-6-11)27-13(10-2-3-10)4-14(21)17(18,19)20/h4-8,10H,2-3,21H2,1H3,(H,26,28). The molecule has 8 nitrogen and oxygen atoms in total. The third-order valence-corrected chi connectivity index (χ3v) is 3.91. The molecule has 2 aromatic rings. The topological polar surface area (TPSA) is 119 Å². The molecule has 0 unspecified atom stereocenters. The molecule has 0 atom stereocenters. The third kappa shape index (κ3) is 4.87. The van der Waals surface area contributed by atoms with Crippen LogP contribution < -0.4 is 11.1 Å². The molecule has 1 saturated carbocycles. The molecule has 1 aliphatic rings. The van der Waals surface area contributed by atoms with E-state index >= 15 is 0 Å². The number of hydrogen-bond donors (Lipinski definition) is 2. The second-order valence-electron chi connectivity index (χ2n) is 6.16. The summed E-state index contributed by atoms with van der Waals surface area (Å²) in [5, 5.41) is 2.59. The molecule has 0 bridgehead atoms. The maximum atomic E-state index is 12.6. The molecule has 11 heteroatoms. The van der Waals surface area contributed by atoms with E-state index < -0.39 is 17.8 Å². The van der Waals surface area contributed by atoms with Crippen molar-refractivity contribution in [2.24, 2.45) is 16.6 Å². The van der Waals surface area contributed by atoms with Gasteiger partial charge in [0.15, 0.2) is 0 Å². The monoisotopic (exact) mass is 391 g/mol. The van der Waals surface area contributed by atoms with Crippen LogP contribution >= 0.6 is 0 Å². The highest BCUT2D eigenvalue weighted by Gasteiger charge is 2.34. The lowest BCUT2D eigenvalue weighted by Gasteiger charge is -2.07. The van der Waals surface area contributed by atoms with E-state index in [1.807, 2.05) is 0 Å². The van der Waals surface area contributed by atoms with Gasteiger partial charge in [0.2, 0.25) is 5.95 Å². The molecule has 2 aromatic heterocycles. The number of nitrogens with two attached hydrogens (primary N) is 1. The maximum Gasteiger partial charge on any atom is 0.430 e. The van der Waals surface area contributed by atoms with Crippen molar-refractivity contribution in [1.82, 2.24) is 19.9 Å². The molecule has 0 radical (unpaired) electrons. The van der Waals surface area contributed by atoms with Gasteiger partial charge in [-0.3, -0.25) is 4.79 Å². The number of carbonyl (C=O) groups excluding carboxylic acids is 1. The Morgan fingerprint density at radius 2 is 1.93 bits per heavy atom. The Labute approximate surface area is 157 Å². The first kappa shape index (κ1) is 19.4. The number of hydrogen-bond acceptors (Lipinski definition) is 7. The number of alkyl halides is 3. The van der Waals surface area contributed by atoms with Crippen molar-refractivity contribution in [2.75, 3.05) is 5.32 Å². The van der Waals surface area contributed by atoms with Crippen molar-refractivity contribution >= 4 is 23.3 Å². The number of aromatic nitrogens is 4. The van der Waals surface area contributed by atoms with Crippen LogP contribution in [0.25, 0.3) is 0 Å². The number of rotatable bonds is 5. The van der Waals surface area contributed by atoms with Gasteiger partial charge in [-0.2, -0.15) is 13.2 Å². The van der Waals surface area contributed by atoms with Crippen LogP contribution in [0, 0.1) is 12.8 Å². The number of allylic oxidation sites excluding steroid dienone is 2. The molecule has 0 aliphatic heterocycles. The highest BCUT2D eigenvalue weighted by Crippen LogP contribution is 2.33. The van der Waals surface area contributed by atoms with Gasteiger partial charge in [0, 0.05) is 17.8 Å². The van der Waals surface area contributed by atoms with Crippen LogP contribution in [-0.2, 0) is 0 Å². The molecular formula is C17H16F3N7O. The summed E-state index contributed by atoms with van der Waals surface area (Å²) in [4.78, 5) is 32.0. The van der Waals surface area contributed by atoms with Gasteiger partial charge in [0.25, 0.3) is 5.91 Å². The Morgan fingerprint density at radius 3 is 2.50 bits per heavy atom. The second kappa shape index (κ2) is 7.71. The summed E-state index contributed by atoms with van der Waals surface area (Å²) in [5.74, 6) is -0.548. The molecule has 3 rings (SSSR count). The van der Waals surface area contributed by atoms with E-state index in [-0.39, 0.29) is 17.6 Å². The molecular weight excluding hydrogens is 375 g/mol. The van der Waals surface area contributed by atoms with E-state index in [1.54, 1.807) is 6.92 Å². The van der Waals surface area contributed by atoms with Crippen molar-refractivity contribution in [2.45, 2.75) is 25.9 Å². The van der Waals surface area contributed by atoms with E-state index in [0.717, 1.165) is 18.9 Å². The van der Waals surface area contributed by atoms with E-state index in [9.17, 15) is 18.0 Å². The highest BCUT2D eigenvalue weighted by atomic mass is 19.4. The Morgan fingerprint density at radius 1 is 1.25 bits per heavy atom. The minimum absolute atomic E-state index is 0.0228. The molecule has 1 amide bonds. The summed E-state index contributed by atoms with van der Waals surface area (Å²) in [6, 6.07) is 0. The lowest BCUT2D eigenvalue weighted by molar-refractivity contribution is -0.0925. The minimum atomic E-state index is -4.62. The molecule has 3 N–H and O–H groups in total. The van der Waals surface area contributed by atoms with Crippen LogP contribution in [0.3, 0.4) is 0 Å². The van der Waals surface area contributed by atoms with Gasteiger partial charge in [0.05, 0.1) is 29.3 Å². The molecule has 1 fully saturated rings. The SMILES string of the molecule is Cc1ncncc1C(=O)Nc1cnc(N=C(C=C(N)C(F)(F)F)C2CC2)nc1. The lowest BCUT2D eigenvalue weighted by Crippen LogP contribution is -2.21. The maximum absolute atomic E-state index is 12.6. The molecule has 0 aromatic carbocycles.